The van der Waals surface area contributed by atoms with Crippen LogP contribution in [0.3, 0.4) is 0 Å². The number of hydrogen-bond acceptors (Lipinski definition) is 4. The molecule has 0 atom stereocenters. The fourth-order valence-corrected chi connectivity index (χ4v) is 2.21. The zero-order valence-corrected chi connectivity index (χ0v) is 13.0. The number of amides is 1. The molecule has 1 amide bonds. The number of nitrogens with one attached hydrogen (secondary N) is 2. The third-order valence-corrected chi connectivity index (χ3v) is 3.66. The van der Waals surface area contributed by atoms with E-state index >= 15 is 0 Å². The minimum Gasteiger partial charge on any atom is -0.385 e. The van der Waals surface area contributed by atoms with Crippen LogP contribution in [-0.4, -0.2) is 23.7 Å². The molecule has 0 aliphatic carbocycles. The number of thioether (sulfide) groups is 1. The smallest absolute Gasteiger partial charge is 0.274 e. The first-order valence-electron chi connectivity index (χ1n) is 6.88. The Morgan fingerprint density at radius 1 is 1.19 bits per heavy atom. The molecule has 0 saturated carbocycles. The standard InChI is InChI=1S/C16H19N3OS/c1-3-9-17-13-8-10-18-15(11-13)16(20)19-12-4-6-14(21-2)7-5-12/h4-8,10-11H,3,9H2,1-2H3,(H,17,18)(H,19,20). The Morgan fingerprint density at radius 3 is 2.62 bits per heavy atom. The summed E-state index contributed by atoms with van der Waals surface area (Å²) in [5.74, 6) is -0.202. The maximum absolute atomic E-state index is 12.2. The van der Waals surface area contributed by atoms with Crippen LogP contribution >= 0.6 is 11.8 Å². The zero-order valence-electron chi connectivity index (χ0n) is 12.2. The van der Waals surface area contributed by atoms with Crippen molar-refractivity contribution in [2.24, 2.45) is 0 Å². The second-order valence-electron chi connectivity index (χ2n) is 4.54. The number of rotatable bonds is 6. The number of aromatic nitrogens is 1. The SMILES string of the molecule is CCCNc1ccnc(C(=O)Nc2ccc(SC)cc2)c1. The highest BCUT2D eigenvalue weighted by Gasteiger charge is 2.08. The summed E-state index contributed by atoms with van der Waals surface area (Å²) in [5.41, 5.74) is 2.09. The fraction of sp³-hybridized carbons (Fsp3) is 0.250. The third-order valence-electron chi connectivity index (χ3n) is 2.92. The molecule has 1 heterocycles. The van der Waals surface area contributed by atoms with Gasteiger partial charge in [0, 0.05) is 29.0 Å². The van der Waals surface area contributed by atoms with E-state index in [4.69, 9.17) is 0 Å². The van der Waals surface area contributed by atoms with E-state index in [0.717, 1.165) is 29.2 Å². The molecule has 0 radical (unpaired) electrons. The van der Waals surface area contributed by atoms with Crippen LogP contribution in [0.1, 0.15) is 23.8 Å². The Hall–Kier alpha value is -2.01. The van der Waals surface area contributed by atoms with Crippen molar-refractivity contribution in [2.75, 3.05) is 23.4 Å². The minimum atomic E-state index is -0.202. The lowest BCUT2D eigenvalue weighted by Crippen LogP contribution is -2.14. The molecule has 5 heteroatoms. The van der Waals surface area contributed by atoms with Crippen LogP contribution in [0.2, 0.25) is 0 Å². The van der Waals surface area contributed by atoms with E-state index in [1.807, 2.05) is 36.6 Å². The molecule has 0 unspecified atom stereocenters. The molecular weight excluding hydrogens is 282 g/mol. The molecule has 2 rings (SSSR count). The summed E-state index contributed by atoms with van der Waals surface area (Å²) >= 11 is 1.67. The van der Waals surface area contributed by atoms with Crippen LogP contribution in [0.15, 0.2) is 47.5 Å². The maximum Gasteiger partial charge on any atom is 0.274 e. The van der Waals surface area contributed by atoms with Gasteiger partial charge >= 0.3 is 0 Å². The first kappa shape index (κ1) is 15.4. The van der Waals surface area contributed by atoms with Crippen molar-refractivity contribution in [3.63, 3.8) is 0 Å². The number of benzene rings is 1. The van der Waals surface area contributed by atoms with E-state index < -0.39 is 0 Å². The lowest BCUT2D eigenvalue weighted by atomic mass is 10.2. The van der Waals surface area contributed by atoms with E-state index in [1.165, 1.54) is 0 Å². The van der Waals surface area contributed by atoms with Gasteiger partial charge in [0.1, 0.15) is 5.69 Å². The Balaban J connectivity index is 2.05. The van der Waals surface area contributed by atoms with E-state index in [0.29, 0.717) is 5.69 Å². The van der Waals surface area contributed by atoms with Crippen LogP contribution < -0.4 is 10.6 Å². The highest BCUT2D eigenvalue weighted by Crippen LogP contribution is 2.18. The predicted octanol–water partition coefficient (Wildman–Crippen LogP) is 3.88. The van der Waals surface area contributed by atoms with Crippen molar-refractivity contribution in [2.45, 2.75) is 18.2 Å². The monoisotopic (exact) mass is 301 g/mol. The van der Waals surface area contributed by atoms with Crippen molar-refractivity contribution in [1.82, 2.24) is 4.98 Å². The highest BCUT2D eigenvalue weighted by molar-refractivity contribution is 7.98. The molecule has 0 fully saturated rings. The Morgan fingerprint density at radius 2 is 1.95 bits per heavy atom. The van der Waals surface area contributed by atoms with Crippen LogP contribution in [0.25, 0.3) is 0 Å². The molecule has 2 N–H and O–H groups in total. The number of carbonyl (C=O) groups is 1. The third kappa shape index (κ3) is 4.49. The number of hydrogen-bond donors (Lipinski definition) is 2. The molecule has 0 bridgehead atoms. The van der Waals surface area contributed by atoms with Crippen molar-refractivity contribution >= 4 is 29.0 Å². The lowest BCUT2D eigenvalue weighted by molar-refractivity contribution is 0.102. The zero-order chi connectivity index (χ0) is 15.1. The average Bonchev–Trinajstić information content (AvgIpc) is 2.54. The molecule has 0 saturated heterocycles. The summed E-state index contributed by atoms with van der Waals surface area (Å²) in [4.78, 5) is 17.5. The highest BCUT2D eigenvalue weighted by atomic mass is 32.2. The van der Waals surface area contributed by atoms with E-state index in [9.17, 15) is 4.79 Å². The first-order chi connectivity index (χ1) is 10.2. The minimum absolute atomic E-state index is 0.202. The molecular formula is C16H19N3OS. The van der Waals surface area contributed by atoms with Crippen molar-refractivity contribution in [1.29, 1.82) is 0 Å². The van der Waals surface area contributed by atoms with Crippen LogP contribution in [0.5, 0.6) is 0 Å². The van der Waals surface area contributed by atoms with Gasteiger partial charge in [-0.25, -0.2) is 0 Å². The summed E-state index contributed by atoms with van der Waals surface area (Å²) in [5, 5.41) is 6.10. The molecule has 2 aromatic rings. The van der Waals surface area contributed by atoms with Crippen LogP contribution in [0.4, 0.5) is 11.4 Å². The van der Waals surface area contributed by atoms with Crippen molar-refractivity contribution in [3.05, 3.63) is 48.3 Å². The molecule has 1 aromatic heterocycles. The van der Waals surface area contributed by atoms with Crippen LogP contribution in [0, 0.1) is 0 Å². The van der Waals surface area contributed by atoms with Gasteiger partial charge in [-0.2, -0.15) is 0 Å². The van der Waals surface area contributed by atoms with Crippen molar-refractivity contribution < 1.29 is 4.79 Å². The number of pyridine rings is 1. The van der Waals surface area contributed by atoms with Crippen LogP contribution in [-0.2, 0) is 0 Å². The molecule has 1 aromatic carbocycles. The van der Waals surface area contributed by atoms with Gasteiger partial charge in [-0.1, -0.05) is 6.92 Å². The van der Waals surface area contributed by atoms with Gasteiger partial charge in [0.05, 0.1) is 0 Å². The van der Waals surface area contributed by atoms with Gasteiger partial charge in [0.15, 0.2) is 0 Å². The van der Waals surface area contributed by atoms with E-state index in [2.05, 4.69) is 22.5 Å². The average molecular weight is 301 g/mol. The predicted molar refractivity (Wildman–Crippen MR) is 89.2 cm³/mol. The van der Waals surface area contributed by atoms with Gasteiger partial charge < -0.3 is 10.6 Å². The van der Waals surface area contributed by atoms with Crippen molar-refractivity contribution in [3.8, 4) is 0 Å². The van der Waals surface area contributed by atoms with Gasteiger partial charge in [-0.15, -0.1) is 11.8 Å². The summed E-state index contributed by atoms with van der Waals surface area (Å²) < 4.78 is 0. The lowest BCUT2D eigenvalue weighted by Gasteiger charge is -2.08. The molecule has 110 valence electrons. The molecule has 21 heavy (non-hydrogen) atoms. The largest absolute Gasteiger partial charge is 0.385 e. The Bertz CT molecular complexity index is 599. The van der Waals surface area contributed by atoms with Gasteiger partial charge in [-0.05, 0) is 49.1 Å². The second-order valence-corrected chi connectivity index (χ2v) is 5.42. The van der Waals surface area contributed by atoms with E-state index in [-0.39, 0.29) is 5.91 Å². The molecule has 4 nitrogen and oxygen atoms in total. The van der Waals surface area contributed by atoms with Gasteiger partial charge in [-0.3, -0.25) is 9.78 Å². The maximum atomic E-state index is 12.2. The second kappa shape index (κ2) is 7.69. The molecule has 0 aliphatic rings. The van der Waals surface area contributed by atoms with Gasteiger partial charge in [0.25, 0.3) is 5.91 Å². The topological polar surface area (TPSA) is 54.0 Å². The summed E-state index contributed by atoms with van der Waals surface area (Å²) in [7, 11) is 0. The Labute approximate surface area is 129 Å². The molecule has 0 aliphatic heterocycles. The number of carbonyl (C=O) groups excluding carboxylic acids is 1. The number of anilines is 2. The number of nitrogens with zero attached hydrogens (tertiary/aromatic N) is 1. The summed E-state index contributed by atoms with van der Waals surface area (Å²) in [6.45, 7) is 2.97. The molecule has 0 spiro atoms. The first-order valence-corrected chi connectivity index (χ1v) is 8.10. The summed E-state index contributed by atoms with van der Waals surface area (Å²) in [6, 6.07) is 11.4. The van der Waals surface area contributed by atoms with Gasteiger partial charge in [0.2, 0.25) is 0 Å². The fourth-order valence-electron chi connectivity index (χ4n) is 1.80. The summed E-state index contributed by atoms with van der Waals surface area (Å²) in [6.07, 6.45) is 4.70. The Kier molecular flexibility index (Phi) is 5.63. The quantitative estimate of drug-likeness (QED) is 0.795. The normalized spacial score (nSPS) is 10.2. The van der Waals surface area contributed by atoms with E-state index in [1.54, 1.807) is 24.0 Å².